The Morgan fingerprint density at radius 3 is 2.62 bits per heavy atom. The number of hydrogen-bond donors (Lipinski definition) is 3. The van der Waals surface area contributed by atoms with Crippen LogP contribution in [0.1, 0.15) is 42.2 Å². The van der Waals surface area contributed by atoms with E-state index in [9.17, 15) is 9.59 Å². The molecule has 3 amide bonds. The van der Waals surface area contributed by atoms with Gasteiger partial charge in [-0.2, -0.15) is 0 Å². The van der Waals surface area contributed by atoms with Gasteiger partial charge in [0.2, 0.25) is 0 Å². The van der Waals surface area contributed by atoms with Gasteiger partial charge in [-0.1, -0.05) is 30.3 Å². The van der Waals surface area contributed by atoms with Crippen LogP contribution in [0.2, 0.25) is 0 Å². The molecule has 0 saturated heterocycles. The predicted molar refractivity (Wildman–Crippen MR) is 100 cm³/mol. The third kappa shape index (κ3) is 4.14. The number of ether oxygens (including phenoxy) is 1. The molecule has 0 aromatic heterocycles. The van der Waals surface area contributed by atoms with Crippen LogP contribution in [0.25, 0.3) is 0 Å². The molecule has 0 aliphatic carbocycles. The Balaban J connectivity index is 1.76. The molecular formula is C20H23N3O3. The first-order chi connectivity index (χ1) is 12.5. The van der Waals surface area contributed by atoms with Crippen molar-refractivity contribution < 1.29 is 14.3 Å². The summed E-state index contributed by atoms with van der Waals surface area (Å²) in [6.07, 6.45) is 0.701. The first kappa shape index (κ1) is 17.8. The minimum atomic E-state index is -0.336. The van der Waals surface area contributed by atoms with E-state index < -0.39 is 0 Å². The summed E-state index contributed by atoms with van der Waals surface area (Å²) in [6.45, 7) is 4.31. The molecule has 0 saturated carbocycles. The number of carbonyl (C=O) groups excluding carboxylic acids is 2. The van der Waals surface area contributed by atoms with Gasteiger partial charge in [0, 0.05) is 18.0 Å². The number of hydrogen-bond acceptors (Lipinski definition) is 3. The number of fused-ring (bicyclic) bond motifs is 1. The van der Waals surface area contributed by atoms with E-state index >= 15 is 0 Å². The van der Waals surface area contributed by atoms with Crippen LogP contribution in [-0.2, 0) is 0 Å². The van der Waals surface area contributed by atoms with Crippen molar-refractivity contribution in [2.75, 3.05) is 11.9 Å². The monoisotopic (exact) mass is 353 g/mol. The number of nitrogens with one attached hydrogen (secondary N) is 3. The van der Waals surface area contributed by atoms with Crippen molar-refractivity contribution in [2.45, 2.75) is 32.4 Å². The van der Waals surface area contributed by atoms with Crippen LogP contribution in [0.4, 0.5) is 10.5 Å². The summed E-state index contributed by atoms with van der Waals surface area (Å²) in [5.74, 6) is 0.568. The maximum absolute atomic E-state index is 12.8. The van der Waals surface area contributed by atoms with E-state index in [1.54, 1.807) is 24.3 Å². The summed E-state index contributed by atoms with van der Waals surface area (Å²) in [6, 6.07) is 14.2. The van der Waals surface area contributed by atoms with Gasteiger partial charge in [-0.05, 0) is 32.0 Å². The van der Waals surface area contributed by atoms with Crippen molar-refractivity contribution in [2.24, 2.45) is 0 Å². The standard InChI is InChI=1S/C20H23N3O3/c1-13(2)21-20(25)23-16-9-5-3-8-15(16)19(24)22-17-11-12-26-18-10-6-4-7-14(17)18/h3-10,13,17H,11-12H2,1-2H3,(H,22,24)(H2,21,23,25)/t17-/m1/s1. The highest BCUT2D eigenvalue weighted by Gasteiger charge is 2.24. The van der Waals surface area contributed by atoms with Crippen molar-refractivity contribution in [3.8, 4) is 5.75 Å². The third-order valence-electron chi connectivity index (χ3n) is 4.10. The van der Waals surface area contributed by atoms with Gasteiger partial charge >= 0.3 is 6.03 Å². The molecule has 0 fully saturated rings. The Morgan fingerprint density at radius 1 is 1.08 bits per heavy atom. The fourth-order valence-corrected chi connectivity index (χ4v) is 2.94. The number of anilines is 1. The molecule has 0 unspecified atom stereocenters. The first-order valence-electron chi connectivity index (χ1n) is 8.73. The molecule has 0 radical (unpaired) electrons. The van der Waals surface area contributed by atoms with Gasteiger partial charge in [-0.15, -0.1) is 0 Å². The summed E-state index contributed by atoms with van der Waals surface area (Å²) < 4.78 is 5.64. The molecule has 1 aliphatic rings. The van der Waals surface area contributed by atoms with Gasteiger partial charge < -0.3 is 20.7 Å². The highest BCUT2D eigenvalue weighted by Crippen LogP contribution is 2.32. The van der Waals surface area contributed by atoms with Crippen molar-refractivity contribution in [1.29, 1.82) is 0 Å². The molecule has 0 spiro atoms. The average Bonchev–Trinajstić information content (AvgIpc) is 2.61. The summed E-state index contributed by atoms with van der Waals surface area (Å²) in [5.41, 5.74) is 1.87. The normalized spacial score (nSPS) is 15.6. The molecule has 1 heterocycles. The number of carbonyl (C=O) groups is 2. The van der Waals surface area contributed by atoms with Crippen LogP contribution < -0.4 is 20.7 Å². The number of benzene rings is 2. The highest BCUT2D eigenvalue weighted by atomic mass is 16.5. The zero-order chi connectivity index (χ0) is 18.5. The van der Waals surface area contributed by atoms with Crippen molar-refractivity contribution in [1.82, 2.24) is 10.6 Å². The number of rotatable bonds is 4. The lowest BCUT2D eigenvalue weighted by atomic mass is 10.00. The Kier molecular flexibility index (Phi) is 5.41. The highest BCUT2D eigenvalue weighted by molar-refractivity contribution is 6.03. The van der Waals surface area contributed by atoms with Gasteiger partial charge in [0.05, 0.1) is 23.9 Å². The molecule has 1 atom stereocenters. The lowest BCUT2D eigenvalue weighted by Gasteiger charge is -2.27. The molecule has 2 aromatic rings. The SMILES string of the molecule is CC(C)NC(=O)Nc1ccccc1C(=O)N[C@@H]1CCOc2ccccc21. The average molecular weight is 353 g/mol. The van der Waals surface area contributed by atoms with Crippen LogP contribution in [0.15, 0.2) is 48.5 Å². The molecular weight excluding hydrogens is 330 g/mol. The molecule has 26 heavy (non-hydrogen) atoms. The molecule has 6 heteroatoms. The number of amides is 3. The van der Waals surface area contributed by atoms with Crippen molar-refractivity contribution in [3.05, 3.63) is 59.7 Å². The van der Waals surface area contributed by atoms with E-state index in [-0.39, 0.29) is 24.0 Å². The minimum Gasteiger partial charge on any atom is -0.493 e. The summed E-state index contributed by atoms with van der Waals surface area (Å²) in [5, 5.41) is 8.55. The minimum absolute atomic E-state index is 0.00901. The summed E-state index contributed by atoms with van der Waals surface area (Å²) in [7, 11) is 0. The fourth-order valence-electron chi connectivity index (χ4n) is 2.94. The van der Waals surface area contributed by atoms with Gasteiger partial charge in [0.1, 0.15) is 5.75 Å². The quantitative estimate of drug-likeness (QED) is 0.787. The Bertz CT molecular complexity index is 804. The second kappa shape index (κ2) is 7.91. The zero-order valence-electron chi connectivity index (χ0n) is 14.9. The van der Waals surface area contributed by atoms with Gasteiger partial charge in [0.25, 0.3) is 5.91 Å². The Labute approximate surface area is 152 Å². The van der Waals surface area contributed by atoms with E-state index in [4.69, 9.17) is 4.74 Å². The van der Waals surface area contributed by atoms with Crippen LogP contribution in [-0.4, -0.2) is 24.6 Å². The second-order valence-corrected chi connectivity index (χ2v) is 6.50. The lowest BCUT2D eigenvalue weighted by molar-refractivity contribution is 0.0925. The number of para-hydroxylation sites is 2. The Morgan fingerprint density at radius 2 is 1.81 bits per heavy atom. The molecule has 3 N–H and O–H groups in total. The van der Waals surface area contributed by atoms with Gasteiger partial charge in [-0.3, -0.25) is 4.79 Å². The van der Waals surface area contributed by atoms with E-state index in [0.29, 0.717) is 24.3 Å². The maximum atomic E-state index is 12.8. The van der Waals surface area contributed by atoms with E-state index in [2.05, 4.69) is 16.0 Å². The first-order valence-corrected chi connectivity index (χ1v) is 8.73. The zero-order valence-corrected chi connectivity index (χ0v) is 14.9. The van der Waals surface area contributed by atoms with E-state index in [1.807, 2.05) is 38.1 Å². The van der Waals surface area contributed by atoms with E-state index in [1.165, 1.54) is 0 Å². The molecule has 3 rings (SSSR count). The lowest BCUT2D eigenvalue weighted by Crippen LogP contribution is -2.36. The second-order valence-electron chi connectivity index (χ2n) is 6.50. The third-order valence-corrected chi connectivity index (χ3v) is 4.10. The van der Waals surface area contributed by atoms with Gasteiger partial charge in [0.15, 0.2) is 0 Å². The topological polar surface area (TPSA) is 79.5 Å². The van der Waals surface area contributed by atoms with Crippen LogP contribution in [0, 0.1) is 0 Å². The van der Waals surface area contributed by atoms with E-state index in [0.717, 1.165) is 11.3 Å². The van der Waals surface area contributed by atoms with Crippen molar-refractivity contribution >= 4 is 17.6 Å². The number of urea groups is 1. The molecule has 6 nitrogen and oxygen atoms in total. The van der Waals surface area contributed by atoms with Crippen LogP contribution >= 0.6 is 0 Å². The predicted octanol–water partition coefficient (Wildman–Crippen LogP) is 3.47. The van der Waals surface area contributed by atoms with Crippen LogP contribution in [0.3, 0.4) is 0 Å². The fraction of sp³-hybridized carbons (Fsp3) is 0.300. The van der Waals surface area contributed by atoms with Crippen molar-refractivity contribution in [3.63, 3.8) is 0 Å². The largest absolute Gasteiger partial charge is 0.493 e. The van der Waals surface area contributed by atoms with Crippen LogP contribution in [0.5, 0.6) is 5.75 Å². The smallest absolute Gasteiger partial charge is 0.319 e. The molecule has 1 aliphatic heterocycles. The summed E-state index contributed by atoms with van der Waals surface area (Å²) >= 11 is 0. The summed E-state index contributed by atoms with van der Waals surface area (Å²) in [4.78, 5) is 24.8. The Hall–Kier alpha value is -3.02. The molecule has 2 aromatic carbocycles. The molecule has 136 valence electrons. The maximum Gasteiger partial charge on any atom is 0.319 e. The van der Waals surface area contributed by atoms with Gasteiger partial charge in [-0.25, -0.2) is 4.79 Å². The molecule has 0 bridgehead atoms.